The van der Waals surface area contributed by atoms with Crippen LogP contribution in [0.15, 0.2) is 46.8 Å². The third-order valence-electron chi connectivity index (χ3n) is 5.16. The Morgan fingerprint density at radius 3 is 2.04 bits per heavy atom. The quantitative estimate of drug-likeness (QED) is 0.779. The van der Waals surface area contributed by atoms with E-state index in [9.17, 15) is 9.59 Å². The molecule has 3 nitrogen and oxygen atoms in total. The van der Waals surface area contributed by atoms with Gasteiger partial charge in [0.25, 0.3) is 0 Å². The van der Waals surface area contributed by atoms with Crippen LogP contribution < -0.4 is 4.90 Å². The van der Waals surface area contributed by atoms with E-state index >= 15 is 0 Å². The molecule has 0 fully saturated rings. The normalized spacial score (nSPS) is 21.5. The minimum atomic E-state index is 0.230. The number of carbonyl (C=O) groups is 2. The highest BCUT2D eigenvalue weighted by Gasteiger charge is 2.36. The molecule has 4 rings (SSSR count). The van der Waals surface area contributed by atoms with Crippen molar-refractivity contribution in [3.63, 3.8) is 0 Å². The van der Waals surface area contributed by atoms with Crippen molar-refractivity contribution in [1.29, 1.82) is 0 Å². The van der Waals surface area contributed by atoms with E-state index in [0.717, 1.165) is 53.9 Å². The maximum absolute atomic E-state index is 12.4. The molecular weight excluding hydrogens is 286 g/mol. The summed E-state index contributed by atoms with van der Waals surface area (Å²) in [5.74, 6) is 0.461. The molecule has 0 amide bonds. The zero-order chi connectivity index (χ0) is 16.0. The van der Waals surface area contributed by atoms with Crippen LogP contribution in [0.25, 0.3) is 0 Å². The largest absolute Gasteiger partial charge is 0.317 e. The second-order valence-electron chi connectivity index (χ2n) is 6.76. The van der Waals surface area contributed by atoms with E-state index in [1.807, 2.05) is 0 Å². The summed E-state index contributed by atoms with van der Waals surface area (Å²) in [6.07, 6.45) is 5.49. The standard InChI is InChI=1S/C20H21NO2/c1-13-5-2-6-14(11-13)21-17-7-3-9-19(22)15(17)12-16-18(21)8-4-10-20(16)23/h2,5-6,11H,3-4,7-10,12H2,1H3. The zero-order valence-electron chi connectivity index (χ0n) is 13.5. The highest BCUT2D eigenvalue weighted by atomic mass is 16.1. The minimum absolute atomic E-state index is 0.230. The van der Waals surface area contributed by atoms with Crippen LogP contribution in [0.3, 0.4) is 0 Å². The van der Waals surface area contributed by atoms with Gasteiger partial charge in [-0.3, -0.25) is 9.59 Å². The van der Waals surface area contributed by atoms with Gasteiger partial charge in [0.15, 0.2) is 11.6 Å². The van der Waals surface area contributed by atoms with Crippen LogP contribution in [0.2, 0.25) is 0 Å². The SMILES string of the molecule is Cc1cccc(N2C3=C(CC4=C2CCCC4=O)C(=O)CCC3)c1. The Hall–Kier alpha value is -2.16. The lowest BCUT2D eigenvalue weighted by molar-refractivity contribution is -0.116. The number of hydrogen-bond acceptors (Lipinski definition) is 3. The fraction of sp³-hybridized carbons (Fsp3) is 0.400. The van der Waals surface area contributed by atoms with E-state index in [0.29, 0.717) is 19.3 Å². The number of hydrogen-bond donors (Lipinski definition) is 0. The van der Waals surface area contributed by atoms with Gasteiger partial charge in [0.05, 0.1) is 0 Å². The molecule has 3 aliphatic rings. The van der Waals surface area contributed by atoms with Crippen LogP contribution >= 0.6 is 0 Å². The predicted octanol–water partition coefficient (Wildman–Crippen LogP) is 4.22. The molecule has 0 N–H and O–H groups in total. The van der Waals surface area contributed by atoms with Gasteiger partial charge in [-0.25, -0.2) is 0 Å². The predicted molar refractivity (Wildman–Crippen MR) is 90.0 cm³/mol. The monoisotopic (exact) mass is 307 g/mol. The summed E-state index contributed by atoms with van der Waals surface area (Å²) in [6, 6.07) is 8.37. The van der Waals surface area contributed by atoms with Crippen LogP contribution in [0.5, 0.6) is 0 Å². The van der Waals surface area contributed by atoms with Crippen LogP contribution in [0.1, 0.15) is 50.5 Å². The number of carbonyl (C=O) groups excluding carboxylic acids is 2. The van der Waals surface area contributed by atoms with Crippen molar-refractivity contribution in [3.05, 3.63) is 52.4 Å². The summed E-state index contributed by atoms with van der Waals surface area (Å²) in [6.45, 7) is 2.08. The van der Waals surface area contributed by atoms with E-state index in [1.165, 1.54) is 5.56 Å². The molecule has 0 bridgehead atoms. The molecule has 0 aromatic heterocycles. The number of allylic oxidation sites excluding steroid dienone is 4. The van der Waals surface area contributed by atoms with E-state index < -0.39 is 0 Å². The number of aryl methyl sites for hydroxylation is 1. The summed E-state index contributed by atoms with van der Waals surface area (Å²) < 4.78 is 0. The number of benzene rings is 1. The fourth-order valence-corrected chi connectivity index (χ4v) is 4.07. The minimum Gasteiger partial charge on any atom is -0.317 e. The van der Waals surface area contributed by atoms with Crippen LogP contribution in [-0.2, 0) is 9.59 Å². The Kier molecular flexibility index (Phi) is 3.44. The third-order valence-corrected chi connectivity index (χ3v) is 5.16. The molecule has 0 radical (unpaired) electrons. The molecule has 2 aliphatic carbocycles. The Labute approximate surface area is 136 Å². The van der Waals surface area contributed by atoms with Gasteiger partial charge in [0.1, 0.15) is 0 Å². The molecule has 3 heteroatoms. The molecular formula is C20H21NO2. The van der Waals surface area contributed by atoms with E-state index in [4.69, 9.17) is 0 Å². The number of Topliss-reactive ketones (excluding diaryl/α,β-unsaturated/α-hetero) is 2. The van der Waals surface area contributed by atoms with Crippen LogP contribution in [0, 0.1) is 6.92 Å². The van der Waals surface area contributed by atoms with Gasteiger partial charge in [0, 0.05) is 47.5 Å². The van der Waals surface area contributed by atoms with Crippen LogP contribution in [-0.4, -0.2) is 11.6 Å². The lowest BCUT2D eigenvalue weighted by atomic mass is 9.80. The lowest BCUT2D eigenvalue weighted by Crippen LogP contribution is -2.35. The highest BCUT2D eigenvalue weighted by molar-refractivity contribution is 6.05. The van der Waals surface area contributed by atoms with Crippen molar-refractivity contribution in [3.8, 4) is 0 Å². The molecule has 0 saturated heterocycles. The maximum atomic E-state index is 12.4. The first kappa shape index (κ1) is 14.4. The molecule has 0 spiro atoms. The molecule has 1 heterocycles. The van der Waals surface area contributed by atoms with Gasteiger partial charge < -0.3 is 4.90 Å². The summed E-state index contributed by atoms with van der Waals surface area (Å²) in [7, 11) is 0. The number of rotatable bonds is 1. The Morgan fingerprint density at radius 1 is 0.870 bits per heavy atom. The Balaban J connectivity index is 1.90. The average Bonchev–Trinajstić information content (AvgIpc) is 2.54. The van der Waals surface area contributed by atoms with Gasteiger partial charge in [0.2, 0.25) is 0 Å². The summed E-state index contributed by atoms with van der Waals surface area (Å²) in [4.78, 5) is 27.1. The molecule has 0 unspecified atom stereocenters. The maximum Gasteiger partial charge on any atom is 0.160 e. The second-order valence-corrected chi connectivity index (χ2v) is 6.76. The van der Waals surface area contributed by atoms with Gasteiger partial charge in [-0.05, 0) is 50.3 Å². The summed E-state index contributed by atoms with van der Waals surface area (Å²) in [5.41, 5.74) is 6.33. The molecule has 1 aromatic rings. The number of ketones is 2. The molecule has 23 heavy (non-hydrogen) atoms. The zero-order valence-corrected chi connectivity index (χ0v) is 13.5. The van der Waals surface area contributed by atoms with Gasteiger partial charge in [-0.2, -0.15) is 0 Å². The first-order valence-corrected chi connectivity index (χ1v) is 8.52. The van der Waals surface area contributed by atoms with Crippen molar-refractivity contribution in [2.24, 2.45) is 0 Å². The first-order valence-electron chi connectivity index (χ1n) is 8.52. The van der Waals surface area contributed by atoms with Crippen LogP contribution in [0.4, 0.5) is 5.69 Å². The van der Waals surface area contributed by atoms with Gasteiger partial charge in [-0.15, -0.1) is 0 Å². The Morgan fingerprint density at radius 2 is 1.48 bits per heavy atom. The summed E-state index contributed by atoms with van der Waals surface area (Å²) >= 11 is 0. The van der Waals surface area contributed by atoms with E-state index in [1.54, 1.807) is 0 Å². The third kappa shape index (κ3) is 2.35. The van der Waals surface area contributed by atoms with E-state index in [2.05, 4.69) is 36.1 Å². The van der Waals surface area contributed by atoms with Crippen molar-refractivity contribution < 1.29 is 9.59 Å². The fourth-order valence-electron chi connectivity index (χ4n) is 4.07. The number of anilines is 1. The smallest absolute Gasteiger partial charge is 0.160 e. The molecule has 0 saturated carbocycles. The first-order chi connectivity index (χ1) is 11.1. The van der Waals surface area contributed by atoms with E-state index in [-0.39, 0.29) is 11.6 Å². The van der Waals surface area contributed by atoms with Crippen molar-refractivity contribution in [1.82, 2.24) is 0 Å². The average molecular weight is 307 g/mol. The molecule has 1 aliphatic heterocycles. The number of nitrogens with zero attached hydrogens (tertiary/aromatic N) is 1. The highest BCUT2D eigenvalue weighted by Crippen LogP contribution is 2.43. The second kappa shape index (κ2) is 5.48. The molecule has 118 valence electrons. The molecule has 0 atom stereocenters. The Bertz CT molecular complexity index is 728. The topological polar surface area (TPSA) is 37.4 Å². The van der Waals surface area contributed by atoms with Crippen molar-refractivity contribution >= 4 is 17.3 Å². The van der Waals surface area contributed by atoms with Crippen molar-refractivity contribution in [2.75, 3.05) is 4.90 Å². The van der Waals surface area contributed by atoms with Gasteiger partial charge in [-0.1, -0.05) is 12.1 Å². The molecule has 1 aromatic carbocycles. The van der Waals surface area contributed by atoms with Crippen molar-refractivity contribution in [2.45, 2.75) is 51.9 Å². The van der Waals surface area contributed by atoms with Gasteiger partial charge >= 0.3 is 0 Å². The lowest BCUT2D eigenvalue weighted by Gasteiger charge is -2.40. The summed E-state index contributed by atoms with van der Waals surface area (Å²) in [5, 5.41) is 0.